The molecule has 0 unspecified atom stereocenters. The molecule has 5 nitrogen and oxygen atoms in total. The highest BCUT2D eigenvalue weighted by atomic mass is 16.6. The Bertz CT molecular complexity index is 1070. The molecule has 0 radical (unpaired) electrons. The van der Waals surface area contributed by atoms with E-state index in [1.54, 1.807) is 11.9 Å². The zero-order valence-electron chi connectivity index (χ0n) is 18.8. The van der Waals surface area contributed by atoms with Crippen molar-refractivity contribution in [2.24, 2.45) is 0 Å². The monoisotopic (exact) mass is 419 g/mol. The second-order valence-electron chi connectivity index (χ2n) is 9.55. The number of nitrogens with zero attached hydrogens (tertiary/aromatic N) is 1. The number of anilines is 1. The molecule has 31 heavy (non-hydrogen) atoms. The maximum atomic E-state index is 14.1. The summed E-state index contributed by atoms with van der Waals surface area (Å²) in [7, 11) is 1.73. The lowest BCUT2D eigenvalue weighted by Crippen LogP contribution is -2.64. The molecule has 1 spiro atoms. The molecule has 2 aromatic carbocycles. The standard InChI is InChI=1S/C26H29NO4/c1-17-12-13-21-20(14-17)26(22(28)27(21)6)25(15-18(2)16-30-26,19-10-8-7-9-11-19)23(29)31-24(3,4)5/h7-14H,2,15-16H2,1,3-6H3/t25-,26-/m0/s1. The summed E-state index contributed by atoms with van der Waals surface area (Å²) in [6, 6.07) is 15.2. The van der Waals surface area contributed by atoms with Crippen molar-refractivity contribution in [1.82, 2.24) is 0 Å². The van der Waals surface area contributed by atoms with Crippen molar-refractivity contribution < 1.29 is 19.1 Å². The number of likely N-dealkylation sites (N-methyl/N-ethyl adjacent to an activating group) is 1. The number of fused-ring (bicyclic) bond motifs is 2. The smallest absolute Gasteiger partial charge is 0.321 e. The first kappa shape index (κ1) is 21.3. The molecule has 0 N–H and O–H groups in total. The van der Waals surface area contributed by atoms with Gasteiger partial charge in [0.2, 0.25) is 0 Å². The summed E-state index contributed by atoms with van der Waals surface area (Å²) in [6.07, 6.45) is 0.263. The number of carbonyl (C=O) groups is 2. The number of hydrogen-bond donors (Lipinski definition) is 0. The van der Waals surface area contributed by atoms with Crippen LogP contribution in [-0.2, 0) is 30.1 Å². The first-order valence-corrected chi connectivity index (χ1v) is 10.5. The Morgan fingerprint density at radius 2 is 1.84 bits per heavy atom. The van der Waals surface area contributed by atoms with Crippen LogP contribution in [-0.4, -0.2) is 31.1 Å². The van der Waals surface area contributed by atoms with Crippen LogP contribution in [0.3, 0.4) is 0 Å². The average Bonchev–Trinajstić information content (AvgIpc) is 2.91. The van der Waals surface area contributed by atoms with Gasteiger partial charge in [0.1, 0.15) is 11.0 Å². The predicted octanol–water partition coefficient (Wildman–Crippen LogP) is 4.42. The Labute approximate surface area is 183 Å². The fourth-order valence-corrected chi connectivity index (χ4v) is 4.85. The fraction of sp³-hybridized carbons (Fsp3) is 0.385. The van der Waals surface area contributed by atoms with Crippen molar-refractivity contribution >= 4 is 17.6 Å². The lowest BCUT2D eigenvalue weighted by molar-refractivity contribution is -0.191. The molecule has 0 aliphatic carbocycles. The van der Waals surface area contributed by atoms with Crippen LogP contribution in [0.25, 0.3) is 0 Å². The normalized spacial score (nSPS) is 25.6. The first-order chi connectivity index (χ1) is 14.5. The number of benzene rings is 2. The van der Waals surface area contributed by atoms with Gasteiger partial charge in [0.15, 0.2) is 5.60 Å². The predicted molar refractivity (Wildman–Crippen MR) is 120 cm³/mol. The lowest BCUT2D eigenvalue weighted by atomic mass is 9.60. The third-order valence-electron chi connectivity index (χ3n) is 6.12. The maximum Gasteiger partial charge on any atom is 0.321 e. The first-order valence-electron chi connectivity index (χ1n) is 10.5. The average molecular weight is 420 g/mol. The van der Waals surface area contributed by atoms with E-state index in [0.717, 1.165) is 16.8 Å². The van der Waals surface area contributed by atoms with Gasteiger partial charge >= 0.3 is 5.97 Å². The van der Waals surface area contributed by atoms with Gasteiger partial charge in [0, 0.05) is 12.6 Å². The molecule has 1 amide bonds. The number of ether oxygens (including phenoxy) is 2. The van der Waals surface area contributed by atoms with E-state index >= 15 is 0 Å². The summed E-state index contributed by atoms with van der Waals surface area (Å²) in [5, 5.41) is 0. The van der Waals surface area contributed by atoms with E-state index in [0.29, 0.717) is 11.1 Å². The van der Waals surface area contributed by atoms with Gasteiger partial charge in [-0.3, -0.25) is 9.59 Å². The van der Waals surface area contributed by atoms with E-state index in [4.69, 9.17) is 9.47 Å². The molecule has 0 saturated carbocycles. The van der Waals surface area contributed by atoms with E-state index in [1.165, 1.54) is 0 Å². The summed E-state index contributed by atoms with van der Waals surface area (Å²) in [4.78, 5) is 29.6. The van der Waals surface area contributed by atoms with E-state index in [9.17, 15) is 9.59 Å². The van der Waals surface area contributed by atoms with Crippen molar-refractivity contribution in [3.05, 3.63) is 77.4 Å². The molecular weight excluding hydrogens is 390 g/mol. The second-order valence-corrected chi connectivity index (χ2v) is 9.55. The minimum atomic E-state index is -1.53. The van der Waals surface area contributed by atoms with Crippen LogP contribution in [0.2, 0.25) is 0 Å². The SMILES string of the molecule is C=C1CO[C@@]2(C(=O)N(C)c3ccc(C)cc32)[C@](C(=O)OC(C)(C)C)(c2ccccc2)C1. The molecule has 2 aliphatic rings. The van der Waals surface area contributed by atoms with E-state index in [2.05, 4.69) is 6.58 Å². The summed E-state index contributed by atoms with van der Waals surface area (Å²) >= 11 is 0. The van der Waals surface area contributed by atoms with Crippen molar-refractivity contribution in [2.75, 3.05) is 18.6 Å². The topological polar surface area (TPSA) is 55.8 Å². The highest BCUT2D eigenvalue weighted by Gasteiger charge is 2.70. The van der Waals surface area contributed by atoms with Crippen LogP contribution in [0.15, 0.2) is 60.7 Å². The molecule has 2 atom stereocenters. The summed E-state index contributed by atoms with van der Waals surface area (Å²) in [5.41, 5.74) is 0.185. The van der Waals surface area contributed by atoms with Gasteiger partial charge in [-0.15, -0.1) is 0 Å². The number of esters is 1. The number of carbonyl (C=O) groups excluding carboxylic acids is 2. The number of aryl methyl sites for hydroxylation is 1. The van der Waals surface area contributed by atoms with Crippen LogP contribution in [0.1, 0.15) is 43.9 Å². The van der Waals surface area contributed by atoms with Crippen molar-refractivity contribution in [3.8, 4) is 0 Å². The Kier molecular flexibility index (Phi) is 4.85. The van der Waals surface area contributed by atoms with Crippen LogP contribution in [0.4, 0.5) is 5.69 Å². The molecule has 4 rings (SSSR count). The third kappa shape index (κ3) is 3.02. The summed E-state index contributed by atoms with van der Waals surface area (Å²) in [5.74, 6) is -0.751. The van der Waals surface area contributed by atoms with E-state index in [1.807, 2.05) is 76.2 Å². The number of amides is 1. The Morgan fingerprint density at radius 1 is 1.16 bits per heavy atom. The molecule has 5 heteroatoms. The van der Waals surface area contributed by atoms with Gasteiger partial charge < -0.3 is 14.4 Å². The minimum absolute atomic E-state index is 0.199. The van der Waals surface area contributed by atoms with Crippen LogP contribution >= 0.6 is 0 Å². The summed E-state index contributed by atoms with van der Waals surface area (Å²) < 4.78 is 12.4. The fourth-order valence-electron chi connectivity index (χ4n) is 4.85. The molecule has 1 saturated heterocycles. The van der Waals surface area contributed by atoms with Crippen molar-refractivity contribution in [2.45, 2.75) is 50.7 Å². The zero-order valence-corrected chi connectivity index (χ0v) is 18.8. The molecule has 2 heterocycles. The van der Waals surface area contributed by atoms with Gasteiger partial charge in [-0.2, -0.15) is 0 Å². The Hall–Kier alpha value is -2.92. The van der Waals surface area contributed by atoms with Crippen LogP contribution in [0.5, 0.6) is 0 Å². The van der Waals surface area contributed by atoms with Crippen LogP contribution < -0.4 is 4.90 Å². The van der Waals surface area contributed by atoms with Gasteiger partial charge in [0.25, 0.3) is 5.91 Å². The number of hydrogen-bond acceptors (Lipinski definition) is 4. The zero-order chi connectivity index (χ0) is 22.6. The molecule has 2 aromatic rings. The number of rotatable bonds is 2. The highest BCUT2D eigenvalue weighted by molar-refractivity contribution is 6.12. The van der Waals surface area contributed by atoms with Crippen molar-refractivity contribution in [1.29, 1.82) is 0 Å². The summed E-state index contributed by atoms with van der Waals surface area (Å²) in [6.45, 7) is 11.8. The van der Waals surface area contributed by atoms with E-state index in [-0.39, 0.29) is 18.9 Å². The lowest BCUT2D eigenvalue weighted by Gasteiger charge is -2.49. The quantitative estimate of drug-likeness (QED) is 0.534. The van der Waals surface area contributed by atoms with Crippen LogP contribution in [0, 0.1) is 6.92 Å². The molecular formula is C26H29NO4. The molecule has 2 aliphatic heterocycles. The maximum absolute atomic E-state index is 14.1. The van der Waals surface area contributed by atoms with Gasteiger partial charge in [-0.05, 0) is 45.7 Å². The van der Waals surface area contributed by atoms with Crippen molar-refractivity contribution in [3.63, 3.8) is 0 Å². The second kappa shape index (κ2) is 7.06. The Balaban J connectivity index is 2.09. The van der Waals surface area contributed by atoms with Gasteiger partial charge in [-0.25, -0.2) is 0 Å². The van der Waals surface area contributed by atoms with E-state index < -0.39 is 22.6 Å². The molecule has 0 aromatic heterocycles. The highest BCUT2D eigenvalue weighted by Crippen LogP contribution is 2.59. The van der Waals surface area contributed by atoms with Gasteiger partial charge in [0.05, 0.1) is 12.3 Å². The largest absolute Gasteiger partial charge is 0.459 e. The molecule has 162 valence electrons. The molecule has 0 bridgehead atoms. The molecule has 1 fully saturated rings. The minimum Gasteiger partial charge on any atom is -0.459 e. The third-order valence-corrected chi connectivity index (χ3v) is 6.12. The Morgan fingerprint density at radius 3 is 2.48 bits per heavy atom. The van der Waals surface area contributed by atoms with Gasteiger partial charge in [-0.1, -0.05) is 60.2 Å².